The van der Waals surface area contributed by atoms with Gasteiger partial charge in [-0.2, -0.15) is 0 Å². The Balaban J connectivity index is 1.76. The topological polar surface area (TPSA) is 78.1 Å². The van der Waals surface area contributed by atoms with E-state index >= 15 is 0 Å². The number of carbonyl (C=O) groups is 1. The van der Waals surface area contributed by atoms with Gasteiger partial charge in [-0.05, 0) is 19.1 Å². The van der Waals surface area contributed by atoms with Crippen LogP contribution in [0.5, 0.6) is 0 Å². The van der Waals surface area contributed by atoms with Crippen molar-refractivity contribution < 1.29 is 13.9 Å². The maximum Gasteiger partial charge on any atom is 0.361 e. The fraction of sp³-hybridized carbons (Fsp3) is 0.143. The molecule has 0 aliphatic carbocycles. The average Bonchev–Trinajstić information content (AvgIpc) is 3.12. The number of hydrogen-bond acceptors (Lipinski definition) is 7. The van der Waals surface area contributed by atoms with Gasteiger partial charge in [-0.1, -0.05) is 34.3 Å². The second kappa shape index (κ2) is 6.25. The van der Waals surface area contributed by atoms with Crippen LogP contribution in [0, 0.1) is 6.92 Å². The number of ether oxygens (including phenoxy) is 1. The highest BCUT2D eigenvalue weighted by Crippen LogP contribution is 2.23. The van der Waals surface area contributed by atoms with Gasteiger partial charge in [-0.25, -0.2) is 9.78 Å². The number of esters is 1. The van der Waals surface area contributed by atoms with Crippen molar-refractivity contribution in [2.75, 3.05) is 0 Å². The van der Waals surface area contributed by atoms with E-state index in [2.05, 4.69) is 14.6 Å². The van der Waals surface area contributed by atoms with E-state index in [0.29, 0.717) is 21.7 Å². The third kappa shape index (κ3) is 3.00. The normalized spacial score (nSPS) is 10.6. The summed E-state index contributed by atoms with van der Waals surface area (Å²) in [7, 11) is 0. The quantitative estimate of drug-likeness (QED) is 0.679. The van der Waals surface area contributed by atoms with Crippen molar-refractivity contribution in [3.05, 3.63) is 51.8 Å². The van der Waals surface area contributed by atoms with E-state index in [9.17, 15) is 4.79 Å². The maximum atomic E-state index is 12.1. The van der Waals surface area contributed by atoms with Gasteiger partial charge in [0.05, 0.1) is 0 Å². The van der Waals surface area contributed by atoms with Crippen molar-refractivity contribution in [1.29, 1.82) is 0 Å². The summed E-state index contributed by atoms with van der Waals surface area (Å²) in [4.78, 5) is 16.3. The standard InChI is InChI=1S/C14H10ClN3O3S/c1-8-11(14(19)20-7-10-12(15)22-18-17-10)16-13(21-8)9-5-3-2-4-6-9/h2-6H,7H2,1H3. The summed E-state index contributed by atoms with van der Waals surface area (Å²) >= 11 is 6.89. The number of oxazole rings is 1. The average molecular weight is 336 g/mol. The Morgan fingerprint density at radius 3 is 2.82 bits per heavy atom. The van der Waals surface area contributed by atoms with Crippen LogP contribution in [0.15, 0.2) is 34.7 Å². The molecule has 0 saturated carbocycles. The number of rotatable bonds is 4. The molecule has 3 aromatic rings. The smallest absolute Gasteiger partial charge is 0.361 e. The van der Waals surface area contributed by atoms with Gasteiger partial charge < -0.3 is 9.15 Å². The summed E-state index contributed by atoms with van der Waals surface area (Å²) in [5.74, 6) is 0.178. The van der Waals surface area contributed by atoms with Gasteiger partial charge in [0.2, 0.25) is 5.89 Å². The van der Waals surface area contributed by atoms with E-state index in [1.165, 1.54) is 0 Å². The van der Waals surface area contributed by atoms with Gasteiger partial charge in [0, 0.05) is 17.1 Å². The van der Waals surface area contributed by atoms with Crippen molar-refractivity contribution in [3.8, 4) is 11.5 Å². The molecule has 0 aliphatic rings. The molecule has 0 atom stereocenters. The number of benzene rings is 1. The molecule has 1 aromatic carbocycles. The summed E-state index contributed by atoms with van der Waals surface area (Å²) < 4.78 is 14.7. The molecule has 0 unspecified atom stereocenters. The number of aryl methyl sites for hydroxylation is 1. The van der Waals surface area contributed by atoms with E-state index < -0.39 is 5.97 Å². The van der Waals surface area contributed by atoms with Crippen molar-refractivity contribution in [1.82, 2.24) is 14.6 Å². The van der Waals surface area contributed by atoms with E-state index in [4.69, 9.17) is 20.8 Å². The van der Waals surface area contributed by atoms with Crippen molar-refractivity contribution >= 4 is 29.1 Å². The third-order valence-corrected chi connectivity index (χ3v) is 3.84. The first-order valence-electron chi connectivity index (χ1n) is 6.32. The van der Waals surface area contributed by atoms with Crippen LogP contribution in [0.4, 0.5) is 0 Å². The van der Waals surface area contributed by atoms with Crippen LogP contribution in [0.3, 0.4) is 0 Å². The van der Waals surface area contributed by atoms with Crippen LogP contribution < -0.4 is 0 Å². The largest absolute Gasteiger partial charge is 0.454 e. The second-order valence-corrected chi connectivity index (χ2v) is 5.72. The van der Waals surface area contributed by atoms with Crippen LogP contribution in [-0.4, -0.2) is 20.5 Å². The highest BCUT2D eigenvalue weighted by Gasteiger charge is 2.20. The summed E-state index contributed by atoms with van der Waals surface area (Å²) in [5, 5.41) is 3.77. The van der Waals surface area contributed by atoms with Gasteiger partial charge in [0.15, 0.2) is 5.69 Å². The highest BCUT2D eigenvalue weighted by molar-refractivity contribution is 7.10. The third-order valence-electron chi connectivity index (χ3n) is 2.86. The Morgan fingerprint density at radius 2 is 2.14 bits per heavy atom. The Morgan fingerprint density at radius 1 is 1.36 bits per heavy atom. The minimum absolute atomic E-state index is 0.0544. The van der Waals surface area contributed by atoms with Crippen LogP contribution in [0.25, 0.3) is 11.5 Å². The molecule has 0 aliphatic heterocycles. The van der Waals surface area contributed by atoms with E-state index in [1.54, 1.807) is 6.92 Å². The lowest BCUT2D eigenvalue weighted by atomic mass is 10.2. The fourth-order valence-corrected chi connectivity index (χ4v) is 2.38. The molecule has 2 heterocycles. The van der Waals surface area contributed by atoms with Crippen LogP contribution in [0.1, 0.15) is 21.9 Å². The minimum Gasteiger partial charge on any atom is -0.454 e. The molecule has 22 heavy (non-hydrogen) atoms. The Labute approximate surface area is 134 Å². The summed E-state index contributed by atoms with van der Waals surface area (Å²) in [6.45, 7) is 1.61. The van der Waals surface area contributed by atoms with Gasteiger partial charge in [-0.3, -0.25) is 0 Å². The molecule has 0 radical (unpaired) electrons. The molecular formula is C14H10ClN3O3S. The molecule has 2 aromatic heterocycles. The molecular weight excluding hydrogens is 326 g/mol. The zero-order valence-corrected chi connectivity index (χ0v) is 13.0. The first-order chi connectivity index (χ1) is 10.6. The maximum absolute atomic E-state index is 12.1. The Bertz CT molecular complexity index is 801. The van der Waals surface area contributed by atoms with E-state index in [1.807, 2.05) is 30.3 Å². The lowest BCUT2D eigenvalue weighted by Crippen LogP contribution is -2.07. The fourth-order valence-electron chi connectivity index (χ4n) is 1.78. The molecule has 0 fully saturated rings. The first kappa shape index (κ1) is 14.7. The Kier molecular flexibility index (Phi) is 4.17. The van der Waals surface area contributed by atoms with Crippen LogP contribution in [-0.2, 0) is 11.3 Å². The number of carbonyl (C=O) groups excluding carboxylic acids is 1. The van der Waals surface area contributed by atoms with Gasteiger partial charge in [0.1, 0.15) is 22.4 Å². The van der Waals surface area contributed by atoms with Gasteiger partial charge in [-0.15, -0.1) is 5.10 Å². The molecule has 8 heteroatoms. The van der Waals surface area contributed by atoms with Crippen molar-refractivity contribution in [2.45, 2.75) is 13.5 Å². The number of nitrogens with zero attached hydrogens (tertiary/aromatic N) is 3. The molecule has 3 rings (SSSR count). The van der Waals surface area contributed by atoms with Crippen LogP contribution >= 0.6 is 23.1 Å². The molecule has 0 amide bonds. The minimum atomic E-state index is -0.590. The lowest BCUT2D eigenvalue weighted by molar-refractivity contribution is 0.0459. The lowest BCUT2D eigenvalue weighted by Gasteiger charge is -2.00. The molecule has 112 valence electrons. The predicted octanol–water partition coefficient (Wildman–Crippen LogP) is 3.51. The second-order valence-electron chi connectivity index (χ2n) is 4.36. The number of aromatic nitrogens is 3. The summed E-state index contributed by atoms with van der Waals surface area (Å²) in [5.41, 5.74) is 1.35. The zero-order chi connectivity index (χ0) is 15.5. The van der Waals surface area contributed by atoms with E-state index in [0.717, 1.165) is 17.1 Å². The molecule has 0 spiro atoms. The van der Waals surface area contributed by atoms with Gasteiger partial charge >= 0.3 is 5.97 Å². The zero-order valence-electron chi connectivity index (χ0n) is 11.4. The first-order valence-corrected chi connectivity index (χ1v) is 7.47. The van der Waals surface area contributed by atoms with Crippen molar-refractivity contribution in [3.63, 3.8) is 0 Å². The molecule has 0 N–H and O–H groups in total. The monoisotopic (exact) mass is 335 g/mol. The van der Waals surface area contributed by atoms with E-state index in [-0.39, 0.29) is 12.3 Å². The number of halogens is 1. The number of hydrogen-bond donors (Lipinski definition) is 0. The molecule has 6 nitrogen and oxygen atoms in total. The predicted molar refractivity (Wildman–Crippen MR) is 80.7 cm³/mol. The van der Waals surface area contributed by atoms with Crippen molar-refractivity contribution in [2.24, 2.45) is 0 Å². The van der Waals surface area contributed by atoms with Gasteiger partial charge in [0.25, 0.3) is 0 Å². The Hall–Kier alpha value is -2.25. The molecule has 0 bridgehead atoms. The van der Waals surface area contributed by atoms with Crippen LogP contribution in [0.2, 0.25) is 4.34 Å². The highest BCUT2D eigenvalue weighted by atomic mass is 35.5. The summed E-state index contributed by atoms with van der Waals surface area (Å²) in [6, 6.07) is 9.32. The SMILES string of the molecule is Cc1oc(-c2ccccc2)nc1C(=O)OCc1nnsc1Cl. The summed E-state index contributed by atoms with van der Waals surface area (Å²) in [6.07, 6.45) is 0. The molecule has 0 saturated heterocycles.